The summed E-state index contributed by atoms with van der Waals surface area (Å²) < 4.78 is 25.5. The van der Waals surface area contributed by atoms with Crippen molar-refractivity contribution in [1.82, 2.24) is 14.9 Å². The first-order valence-corrected chi connectivity index (χ1v) is 9.14. The Kier molecular flexibility index (Phi) is 3.33. The van der Waals surface area contributed by atoms with Gasteiger partial charge in [0.05, 0.1) is 15.9 Å². The molecule has 1 unspecified atom stereocenters. The van der Waals surface area contributed by atoms with Crippen molar-refractivity contribution >= 4 is 20.9 Å². The summed E-state index contributed by atoms with van der Waals surface area (Å²) in [7, 11) is -1.18. The van der Waals surface area contributed by atoms with Crippen molar-refractivity contribution in [2.24, 2.45) is 7.05 Å². The molecule has 0 amide bonds. The third-order valence-corrected chi connectivity index (χ3v) is 5.79. The highest BCUT2D eigenvalue weighted by molar-refractivity contribution is 7.90. The minimum atomic E-state index is -3.20. The van der Waals surface area contributed by atoms with Gasteiger partial charge < -0.3 is 9.88 Å². The number of fused-ring (bicyclic) bond motifs is 1. The zero-order valence-electron chi connectivity index (χ0n) is 12.7. The lowest BCUT2D eigenvalue weighted by Crippen LogP contribution is -2.31. The molecule has 2 heterocycles. The van der Waals surface area contributed by atoms with Crippen LogP contribution in [-0.2, 0) is 22.3 Å². The van der Waals surface area contributed by atoms with E-state index < -0.39 is 9.84 Å². The molecule has 0 bridgehead atoms. The minimum absolute atomic E-state index is 0.0546. The van der Waals surface area contributed by atoms with Crippen LogP contribution in [0.1, 0.15) is 25.6 Å². The average Bonchev–Trinajstić information content (AvgIpc) is 3.03. The molecular weight excluding hydrogens is 286 g/mol. The topological polar surface area (TPSA) is 64.0 Å². The predicted octanol–water partition coefficient (Wildman–Crippen LogP) is 1.62. The molecule has 1 aliphatic rings. The van der Waals surface area contributed by atoms with E-state index in [1.807, 2.05) is 13.1 Å². The monoisotopic (exact) mass is 307 g/mol. The molecule has 1 atom stereocenters. The molecule has 1 saturated heterocycles. The molecule has 1 aliphatic heterocycles. The second-order valence-corrected chi connectivity index (χ2v) is 7.99. The van der Waals surface area contributed by atoms with Gasteiger partial charge in [0.2, 0.25) is 0 Å². The summed E-state index contributed by atoms with van der Waals surface area (Å²) in [5.74, 6) is 1.05. The summed E-state index contributed by atoms with van der Waals surface area (Å²) >= 11 is 0. The highest BCUT2D eigenvalue weighted by Gasteiger charge is 2.38. The van der Waals surface area contributed by atoms with Gasteiger partial charge >= 0.3 is 0 Å². The number of nitrogens with zero attached hydrogens (tertiary/aromatic N) is 2. The van der Waals surface area contributed by atoms with Gasteiger partial charge in [0, 0.05) is 25.3 Å². The molecule has 0 saturated carbocycles. The molecule has 2 aromatic rings. The smallest absolute Gasteiger partial charge is 0.175 e. The Morgan fingerprint density at radius 3 is 2.76 bits per heavy atom. The Balaban J connectivity index is 2.20. The maximum Gasteiger partial charge on any atom is 0.175 e. The fourth-order valence-corrected chi connectivity index (χ4v) is 3.92. The molecule has 1 fully saturated rings. The van der Waals surface area contributed by atoms with Crippen molar-refractivity contribution < 1.29 is 8.42 Å². The van der Waals surface area contributed by atoms with Gasteiger partial charge in [-0.1, -0.05) is 6.92 Å². The maximum absolute atomic E-state index is 11.7. The van der Waals surface area contributed by atoms with Gasteiger partial charge in [0.1, 0.15) is 5.82 Å². The van der Waals surface area contributed by atoms with Gasteiger partial charge in [-0.15, -0.1) is 0 Å². The quantitative estimate of drug-likeness (QED) is 0.936. The molecule has 1 aromatic carbocycles. The number of nitrogens with one attached hydrogen (secondary N) is 1. The molecule has 0 spiro atoms. The summed E-state index contributed by atoms with van der Waals surface area (Å²) in [5.41, 5.74) is 1.80. The van der Waals surface area contributed by atoms with Crippen LogP contribution in [0.3, 0.4) is 0 Å². The van der Waals surface area contributed by atoms with Gasteiger partial charge in [0.15, 0.2) is 9.84 Å². The molecule has 114 valence electrons. The number of sulfone groups is 1. The summed E-state index contributed by atoms with van der Waals surface area (Å²) in [6.45, 7) is 4.12. The molecule has 1 N–H and O–H groups in total. The van der Waals surface area contributed by atoms with Crippen LogP contribution in [0.4, 0.5) is 0 Å². The van der Waals surface area contributed by atoms with Crippen molar-refractivity contribution in [2.75, 3.05) is 19.3 Å². The van der Waals surface area contributed by atoms with Crippen molar-refractivity contribution in [3.63, 3.8) is 0 Å². The normalized spacial score (nSPS) is 23.0. The SMILES string of the molecule is CCC1(c2nc3cc(S(C)(=O)=O)ccc3n2C)CCNC1. The summed E-state index contributed by atoms with van der Waals surface area (Å²) in [6, 6.07) is 5.20. The highest BCUT2D eigenvalue weighted by atomic mass is 32.2. The first kappa shape index (κ1) is 14.5. The van der Waals surface area contributed by atoms with Gasteiger partial charge in [-0.2, -0.15) is 0 Å². The Morgan fingerprint density at radius 1 is 1.43 bits per heavy atom. The number of aromatic nitrogens is 2. The van der Waals surface area contributed by atoms with E-state index >= 15 is 0 Å². The Hall–Kier alpha value is -1.40. The summed E-state index contributed by atoms with van der Waals surface area (Å²) in [4.78, 5) is 5.10. The first-order chi connectivity index (χ1) is 9.87. The van der Waals surface area contributed by atoms with E-state index in [0.29, 0.717) is 4.90 Å². The van der Waals surface area contributed by atoms with E-state index in [9.17, 15) is 8.42 Å². The molecule has 6 heteroatoms. The lowest BCUT2D eigenvalue weighted by atomic mass is 9.83. The molecule has 21 heavy (non-hydrogen) atoms. The van der Waals surface area contributed by atoms with Gasteiger partial charge in [-0.25, -0.2) is 13.4 Å². The van der Waals surface area contributed by atoms with E-state index in [4.69, 9.17) is 4.98 Å². The lowest BCUT2D eigenvalue weighted by Gasteiger charge is -2.25. The number of imidazole rings is 1. The standard InChI is InChI=1S/C15H21N3O2S/c1-4-15(7-8-16-10-15)14-17-12-9-11(21(3,19)20)5-6-13(12)18(14)2/h5-6,9,16H,4,7-8,10H2,1-3H3. The van der Waals surface area contributed by atoms with Crippen LogP contribution in [0.15, 0.2) is 23.1 Å². The Labute approximate surface area is 125 Å². The average molecular weight is 307 g/mol. The first-order valence-electron chi connectivity index (χ1n) is 7.25. The fraction of sp³-hybridized carbons (Fsp3) is 0.533. The second-order valence-electron chi connectivity index (χ2n) is 5.98. The molecule has 0 aliphatic carbocycles. The van der Waals surface area contributed by atoms with E-state index in [0.717, 1.165) is 42.8 Å². The van der Waals surface area contributed by atoms with Gasteiger partial charge in [-0.3, -0.25) is 0 Å². The zero-order valence-corrected chi connectivity index (χ0v) is 13.5. The Bertz CT molecular complexity index is 787. The van der Waals surface area contributed by atoms with E-state index in [1.54, 1.807) is 12.1 Å². The van der Waals surface area contributed by atoms with E-state index in [2.05, 4.69) is 16.8 Å². The van der Waals surface area contributed by atoms with Crippen LogP contribution < -0.4 is 5.32 Å². The van der Waals surface area contributed by atoms with E-state index in [-0.39, 0.29) is 5.41 Å². The summed E-state index contributed by atoms with van der Waals surface area (Å²) in [5, 5.41) is 3.42. The molecule has 1 aromatic heterocycles. The van der Waals surface area contributed by atoms with Gasteiger partial charge in [0.25, 0.3) is 0 Å². The minimum Gasteiger partial charge on any atom is -0.331 e. The van der Waals surface area contributed by atoms with Crippen LogP contribution in [-0.4, -0.2) is 37.3 Å². The van der Waals surface area contributed by atoms with Crippen LogP contribution in [0.2, 0.25) is 0 Å². The number of aryl methyl sites for hydroxylation is 1. The predicted molar refractivity (Wildman–Crippen MR) is 83.3 cm³/mol. The van der Waals surface area contributed by atoms with Crippen LogP contribution in [0, 0.1) is 0 Å². The third-order valence-electron chi connectivity index (χ3n) is 4.68. The van der Waals surface area contributed by atoms with Crippen molar-refractivity contribution in [2.45, 2.75) is 30.1 Å². The highest BCUT2D eigenvalue weighted by Crippen LogP contribution is 2.35. The lowest BCUT2D eigenvalue weighted by molar-refractivity contribution is 0.415. The van der Waals surface area contributed by atoms with Crippen molar-refractivity contribution in [1.29, 1.82) is 0 Å². The molecular formula is C15H21N3O2S. The van der Waals surface area contributed by atoms with Crippen LogP contribution in [0.5, 0.6) is 0 Å². The number of hydrogen-bond acceptors (Lipinski definition) is 4. The second kappa shape index (κ2) is 4.81. The van der Waals surface area contributed by atoms with Crippen LogP contribution in [0.25, 0.3) is 11.0 Å². The number of rotatable bonds is 3. The largest absolute Gasteiger partial charge is 0.331 e. The van der Waals surface area contributed by atoms with Crippen molar-refractivity contribution in [3.8, 4) is 0 Å². The van der Waals surface area contributed by atoms with E-state index in [1.165, 1.54) is 6.26 Å². The van der Waals surface area contributed by atoms with Crippen molar-refractivity contribution in [3.05, 3.63) is 24.0 Å². The Morgan fingerprint density at radius 2 is 2.19 bits per heavy atom. The van der Waals surface area contributed by atoms with Gasteiger partial charge in [-0.05, 0) is 37.6 Å². The van der Waals surface area contributed by atoms with Crippen LogP contribution >= 0.6 is 0 Å². The summed E-state index contributed by atoms with van der Waals surface area (Å²) in [6.07, 6.45) is 3.32. The number of hydrogen-bond donors (Lipinski definition) is 1. The maximum atomic E-state index is 11.7. The molecule has 5 nitrogen and oxygen atoms in total. The zero-order chi connectivity index (χ0) is 15.3. The fourth-order valence-electron chi connectivity index (χ4n) is 3.28. The third kappa shape index (κ3) is 2.26. The molecule has 3 rings (SSSR count). The molecule has 0 radical (unpaired) electrons. The number of benzene rings is 1.